The number of amides is 1. The van der Waals surface area contributed by atoms with Crippen LogP contribution in [0.3, 0.4) is 0 Å². The molecule has 2 aromatic heterocycles. The summed E-state index contributed by atoms with van der Waals surface area (Å²) in [5.74, 6) is -2.27. The van der Waals surface area contributed by atoms with Crippen LogP contribution < -0.4 is 5.32 Å². The van der Waals surface area contributed by atoms with Gasteiger partial charge >= 0.3 is 12.1 Å². The predicted molar refractivity (Wildman–Crippen MR) is 109 cm³/mol. The minimum absolute atomic E-state index is 0.0400. The van der Waals surface area contributed by atoms with E-state index in [2.05, 4.69) is 20.4 Å². The quantitative estimate of drug-likeness (QED) is 0.339. The number of nitrogens with one attached hydrogen (secondary N) is 1. The van der Waals surface area contributed by atoms with E-state index in [1.165, 1.54) is 58.7 Å². The highest BCUT2D eigenvalue weighted by atomic mass is 19.4. The first-order chi connectivity index (χ1) is 16.2. The van der Waals surface area contributed by atoms with Gasteiger partial charge in [0.25, 0.3) is 5.91 Å². The van der Waals surface area contributed by atoms with Gasteiger partial charge in [-0.05, 0) is 42.5 Å². The first-order valence-electron chi connectivity index (χ1n) is 9.54. The van der Waals surface area contributed by atoms with Gasteiger partial charge in [-0.1, -0.05) is 0 Å². The van der Waals surface area contributed by atoms with Crippen LogP contribution in [-0.4, -0.2) is 42.8 Å². The Morgan fingerprint density at radius 2 is 1.79 bits per heavy atom. The maximum Gasteiger partial charge on any atom is 0.416 e. The number of imidazole rings is 1. The van der Waals surface area contributed by atoms with E-state index in [1.54, 1.807) is 0 Å². The van der Waals surface area contributed by atoms with E-state index in [1.807, 2.05) is 0 Å². The molecule has 0 aliphatic heterocycles. The van der Waals surface area contributed by atoms with Gasteiger partial charge in [0.15, 0.2) is 12.3 Å². The molecule has 9 nitrogen and oxygen atoms in total. The normalized spacial score (nSPS) is 11.3. The summed E-state index contributed by atoms with van der Waals surface area (Å²) in [5, 5.41) is 6.15. The number of aromatic nitrogens is 5. The molecule has 0 radical (unpaired) electrons. The van der Waals surface area contributed by atoms with Crippen LogP contribution in [0.4, 0.5) is 23.2 Å². The van der Waals surface area contributed by atoms with Crippen LogP contribution in [0, 0.1) is 5.82 Å². The van der Waals surface area contributed by atoms with Crippen LogP contribution in [0.25, 0.3) is 11.4 Å². The summed E-state index contributed by atoms with van der Waals surface area (Å²) in [7, 11) is 0. The molecule has 0 saturated carbocycles. The van der Waals surface area contributed by atoms with Crippen LogP contribution in [0.1, 0.15) is 16.1 Å². The fourth-order valence-electron chi connectivity index (χ4n) is 2.99. The van der Waals surface area contributed by atoms with Crippen LogP contribution >= 0.6 is 0 Å². The number of halogens is 4. The third kappa shape index (κ3) is 4.92. The first-order valence-corrected chi connectivity index (χ1v) is 9.54. The van der Waals surface area contributed by atoms with E-state index >= 15 is 0 Å². The standard InChI is InChI=1S/C21H14F4N6O3/c22-14-2-4-15(5-3-14)30-11-26-8-18(30)20(33)34-9-19(32)29-16-7-13(21(23,24)25)1-6-17(16)31-12-27-10-28-31/h1-8,10-12H,9H2,(H,29,32). The third-order valence-electron chi connectivity index (χ3n) is 4.55. The maximum absolute atomic E-state index is 13.2. The van der Waals surface area contributed by atoms with Gasteiger partial charge in [-0.15, -0.1) is 0 Å². The fraction of sp³-hybridized carbons (Fsp3) is 0.0952. The molecule has 2 aromatic carbocycles. The predicted octanol–water partition coefficient (Wildman–Crippen LogP) is 3.41. The summed E-state index contributed by atoms with van der Waals surface area (Å²) < 4.78 is 60.1. The lowest BCUT2D eigenvalue weighted by atomic mass is 10.1. The second kappa shape index (κ2) is 9.13. The molecule has 2 heterocycles. The monoisotopic (exact) mass is 474 g/mol. The molecule has 0 spiro atoms. The van der Waals surface area contributed by atoms with Gasteiger partial charge < -0.3 is 10.1 Å². The average Bonchev–Trinajstić information content (AvgIpc) is 3.50. The van der Waals surface area contributed by atoms with Crippen molar-refractivity contribution in [3.8, 4) is 11.4 Å². The lowest BCUT2D eigenvalue weighted by molar-refractivity contribution is -0.137. The second-order valence-electron chi connectivity index (χ2n) is 6.82. The summed E-state index contributed by atoms with van der Waals surface area (Å²) in [6.07, 6.45) is 0.270. The number of anilines is 1. The van der Waals surface area contributed by atoms with Crippen LogP contribution in [0.5, 0.6) is 0 Å². The molecule has 34 heavy (non-hydrogen) atoms. The summed E-state index contributed by atoms with van der Waals surface area (Å²) in [6.45, 7) is -0.791. The molecule has 13 heteroatoms. The average molecular weight is 474 g/mol. The van der Waals surface area contributed by atoms with Gasteiger partial charge in [0, 0.05) is 5.69 Å². The van der Waals surface area contributed by atoms with Crippen molar-refractivity contribution in [2.45, 2.75) is 6.18 Å². The smallest absolute Gasteiger partial charge is 0.416 e. The Bertz CT molecular complexity index is 1320. The van der Waals surface area contributed by atoms with Crippen molar-refractivity contribution in [1.29, 1.82) is 0 Å². The number of carbonyl (C=O) groups excluding carboxylic acids is 2. The Morgan fingerprint density at radius 1 is 1.03 bits per heavy atom. The molecular formula is C21H14F4N6O3. The van der Waals surface area contributed by atoms with Crippen molar-refractivity contribution in [1.82, 2.24) is 24.3 Å². The number of ether oxygens (including phenoxy) is 1. The zero-order valence-corrected chi connectivity index (χ0v) is 17.0. The highest BCUT2D eigenvalue weighted by molar-refractivity contribution is 5.96. The SMILES string of the molecule is O=C(COC(=O)c1cncn1-c1ccc(F)cc1)Nc1cc(C(F)(F)F)ccc1-n1cncn1. The molecular weight excluding hydrogens is 460 g/mol. The van der Waals surface area contributed by atoms with Crippen molar-refractivity contribution < 1.29 is 31.9 Å². The van der Waals surface area contributed by atoms with Gasteiger partial charge in [0.05, 0.1) is 29.5 Å². The van der Waals surface area contributed by atoms with E-state index in [4.69, 9.17) is 4.74 Å². The van der Waals surface area contributed by atoms with Crippen molar-refractivity contribution in [3.63, 3.8) is 0 Å². The minimum Gasteiger partial charge on any atom is -0.451 e. The Morgan fingerprint density at radius 3 is 2.47 bits per heavy atom. The van der Waals surface area contributed by atoms with Crippen LogP contribution in [0.15, 0.2) is 67.6 Å². The minimum atomic E-state index is -4.65. The zero-order chi connectivity index (χ0) is 24.3. The molecule has 0 aliphatic rings. The van der Waals surface area contributed by atoms with Crippen LogP contribution in [0.2, 0.25) is 0 Å². The molecule has 0 aliphatic carbocycles. The number of esters is 1. The number of alkyl halides is 3. The molecule has 174 valence electrons. The number of nitrogens with zero attached hydrogens (tertiary/aromatic N) is 5. The molecule has 4 rings (SSSR count). The number of hydrogen-bond acceptors (Lipinski definition) is 6. The van der Waals surface area contributed by atoms with Gasteiger partial charge in [-0.2, -0.15) is 18.3 Å². The lowest BCUT2D eigenvalue weighted by Crippen LogP contribution is -2.23. The molecule has 4 aromatic rings. The summed E-state index contributed by atoms with van der Waals surface area (Å²) in [5.41, 5.74) is -0.692. The number of benzene rings is 2. The number of rotatable bonds is 6. The Labute approximate surface area is 188 Å². The third-order valence-corrected chi connectivity index (χ3v) is 4.55. The topological polar surface area (TPSA) is 104 Å². The van der Waals surface area contributed by atoms with Crippen molar-refractivity contribution in [2.24, 2.45) is 0 Å². The fourth-order valence-corrected chi connectivity index (χ4v) is 2.99. The molecule has 0 saturated heterocycles. The van der Waals surface area contributed by atoms with Gasteiger partial charge in [-0.25, -0.2) is 23.8 Å². The van der Waals surface area contributed by atoms with Crippen LogP contribution in [-0.2, 0) is 15.7 Å². The van der Waals surface area contributed by atoms with Gasteiger partial charge in [0.2, 0.25) is 0 Å². The van der Waals surface area contributed by atoms with E-state index in [9.17, 15) is 27.2 Å². The van der Waals surface area contributed by atoms with Crippen molar-refractivity contribution in [2.75, 3.05) is 11.9 Å². The lowest BCUT2D eigenvalue weighted by Gasteiger charge is -2.14. The Balaban J connectivity index is 1.48. The number of carbonyl (C=O) groups is 2. The molecule has 1 N–H and O–H groups in total. The van der Waals surface area contributed by atoms with Gasteiger partial charge in [0.1, 0.15) is 18.5 Å². The molecule has 0 bridgehead atoms. The van der Waals surface area contributed by atoms with E-state index in [0.29, 0.717) is 5.69 Å². The zero-order valence-electron chi connectivity index (χ0n) is 17.0. The molecule has 0 atom stereocenters. The summed E-state index contributed by atoms with van der Waals surface area (Å²) >= 11 is 0. The molecule has 0 unspecified atom stereocenters. The van der Waals surface area contributed by atoms with Gasteiger partial charge in [-0.3, -0.25) is 9.36 Å². The van der Waals surface area contributed by atoms with E-state index in [-0.39, 0.29) is 17.1 Å². The van der Waals surface area contributed by atoms with Crippen molar-refractivity contribution in [3.05, 3.63) is 84.7 Å². The Hall–Kier alpha value is -4.55. The summed E-state index contributed by atoms with van der Waals surface area (Å²) in [6, 6.07) is 7.92. The van der Waals surface area contributed by atoms with E-state index < -0.39 is 36.0 Å². The highest BCUT2D eigenvalue weighted by Crippen LogP contribution is 2.33. The summed E-state index contributed by atoms with van der Waals surface area (Å²) in [4.78, 5) is 32.4. The molecule has 0 fully saturated rings. The van der Waals surface area contributed by atoms with E-state index in [0.717, 1.165) is 18.2 Å². The second-order valence-corrected chi connectivity index (χ2v) is 6.82. The first kappa shape index (κ1) is 22.6. The highest BCUT2D eigenvalue weighted by Gasteiger charge is 2.31. The van der Waals surface area contributed by atoms with Crippen molar-refractivity contribution >= 4 is 17.6 Å². The molecule has 1 amide bonds. The largest absolute Gasteiger partial charge is 0.451 e. The Kier molecular flexibility index (Phi) is 6.08. The number of hydrogen-bond donors (Lipinski definition) is 1. The maximum atomic E-state index is 13.2.